The van der Waals surface area contributed by atoms with E-state index in [0.29, 0.717) is 12.0 Å². The number of benzene rings is 1. The number of ether oxygens (including phenoxy) is 1. The van der Waals surface area contributed by atoms with Gasteiger partial charge in [0, 0.05) is 24.6 Å². The Morgan fingerprint density at radius 3 is 2.83 bits per heavy atom. The van der Waals surface area contributed by atoms with Crippen molar-refractivity contribution in [2.24, 2.45) is 5.10 Å². The molecule has 0 saturated carbocycles. The average molecular weight is 327 g/mol. The van der Waals surface area contributed by atoms with Gasteiger partial charge in [0.05, 0.1) is 12.3 Å². The van der Waals surface area contributed by atoms with E-state index in [1.807, 2.05) is 24.3 Å². The van der Waals surface area contributed by atoms with Gasteiger partial charge < -0.3 is 9.64 Å². The predicted octanol–water partition coefficient (Wildman–Crippen LogP) is 2.72. The van der Waals surface area contributed by atoms with Crippen LogP contribution in [0.1, 0.15) is 38.2 Å². The van der Waals surface area contributed by atoms with Crippen LogP contribution in [0.25, 0.3) is 0 Å². The first kappa shape index (κ1) is 16.7. The summed E-state index contributed by atoms with van der Waals surface area (Å²) in [7, 11) is 0. The normalized spacial score (nSPS) is 21.5. The Bertz CT molecular complexity index is 637. The molecule has 2 aliphatic heterocycles. The fraction of sp³-hybridized carbons (Fsp3) is 0.474. The van der Waals surface area contributed by atoms with Crippen molar-refractivity contribution in [2.75, 3.05) is 19.7 Å². The molecule has 5 heteroatoms. The number of amides is 1. The van der Waals surface area contributed by atoms with Crippen molar-refractivity contribution in [3.8, 4) is 5.75 Å². The molecule has 1 amide bonds. The Hall–Kier alpha value is -2.14. The summed E-state index contributed by atoms with van der Waals surface area (Å²) in [6.45, 7) is 9.12. The lowest BCUT2D eigenvalue weighted by atomic mass is 10.0. The third-order valence-corrected chi connectivity index (χ3v) is 4.73. The lowest BCUT2D eigenvalue weighted by molar-refractivity contribution is -0.117. The summed E-state index contributed by atoms with van der Waals surface area (Å²) >= 11 is 0. The van der Waals surface area contributed by atoms with Gasteiger partial charge >= 0.3 is 0 Å². The third-order valence-electron chi connectivity index (χ3n) is 4.73. The second-order valence-electron chi connectivity index (χ2n) is 6.53. The quantitative estimate of drug-likeness (QED) is 0.646. The minimum atomic E-state index is -0.203. The van der Waals surface area contributed by atoms with Gasteiger partial charge in [0.15, 0.2) is 0 Å². The van der Waals surface area contributed by atoms with E-state index in [-0.39, 0.29) is 5.91 Å². The minimum absolute atomic E-state index is 0.203. The van der Waals surface area contributed by atoms with Gasteiger partial charge in [-0.3, -0.25) is 4.79 Å². The van der Waals surface area contributed by atoms with Crippen LogP contribution in [0.2, 0.25) is 0 Å². The van der Waals surface area contributed by atoms with Gasteiger partial charge in [-0.15, -0.1) is 0 Å². The number of hydrazone groups is 1. The largest absolute Gasteiger partial charge is 0.494 e. The lowest BCUT2D eigenvalue weighted by Crippen LogP contribution is -2.28. The Kier molecular flexibility index (Phi) is 5.30. The molecule has 1 N–H and O–H groups in total. The van der Waals surface area contributed by atoms with Gasteiger partial charge in [-0.05, 0) is 62.6 Å². The fourth-order valence-corrected chi connectivity index (χ4v) is 3.21. The Morgan fingerprint density at radius 2 is 2.17 bits per heavy atom. The predicted molar refractivity (Wildman–Crippen MR) is 95.3 cm³/mol. The second kappa shape index (κ2) is 7.62. The van der Waals surface area contributed by atoms with Crippen LogP contribution in [0.4, 0.5) is 0 Å². The number of likely N-dealkylation sites (tertiary alicyclic amines) is 1. The zero-order chi connectivity index (χ0) is 16.9. The van der Waals surface area contributed by atoms with Crippen LogP contribution in [0, 0.1) is 0 Å². The first-order valence-corrected chi connectivity index (χ1v) is 8.65. The molecule has 0 bridgehead atoms. The number of carbonyl (C=O) groups excluding carboxylic acids is 1. The number of hydrogen-bond acceptors (Lipinski definition) is 4. The highest BCUT2D eigenvalue weighted by Crippen LogP contribution is 2.18. The zero-order valence-electron chi connectivity index (χ0n) is 14.3. The maximum atomic E-state index is 11.3. The number of hydrogen-bond donors (Lipinski definition) is 1. The number of rotatable bonds is 6. The summed E-state index contributed by atoms with van der Waals surface area (Å²) in [6, 6.07) is 8.57. The van der Waals surface area contributed by atoms with Crippen LogP contribution < -0.4 is 10.2 Å². The van der Waals surface area contributed by atoms with E-state index in [4.69, 9.17) is 4.74 Å². The van der Waals surface area contributed by atoms with Crippen LogP contribution in [0.15, 0.2) is 41.5 Å². The number of nitrogens with one attached hydrogen (secondary N) is 1. The van der Waals surface area contributed by atoms with E-state index in [1.165, 1.54) is 19.4 Å². The molecule has 1 aromatic rings. The third kappa shape index (κ3) is 4.03. The fourth-order valence-electron chi connectivity index (χ4n) is 3.21. The summed E-state index contributed by atoms with van der Waals surface area (Å²) in [4.78, 5) is 13.9. The molecule has 0 radical (unpaired) electrons. The molecule has 1 saturated heterocycles. The first-order chi connectivity index (χ1) is 11.6. The summed E-state index contributed by atoms with van der Waals surface area (Å²) < 4.78 is 5.83. The second-order valence-corrected chi connectivity index (χ2v) is 6.53. The van der Waals surface area contributed by atoms with Gasteiger partial charge in [0.1, 0.15) is 5.75 Å². The summed E-state index contributed by atoms with van der Waals surface area (Å²) in [6.07, 6.45) is 4.17. The summed E-state index contributed by atoms with van der Waals surface area (Å²) in [5.41, 5.74) is 4.83. The van der Waals surface area contributed by atoms with Gasteiger partial charge in [-0.2, -0.15) is 5.10 Å². The number of carbonyl (C=O) groups is 1. The highest BCUT2D eigenvalue weighted by Gasteiger charge is 2.19. The SMILES string of the molecule is C=C1CC(c2ccc(OCCCN3CCC[C@H]3C)cc2)=NNC1=O. The molecular weight excluding hydrogens is 302 g/mol. The van der Waals surface area contributed by atoms with Crippen LogP contribution in [-0.4, -0.2) is 42.3 Å². The molecule has 24 heavy (non-hydrogen) atoms. The van der Waals surface area contributed by atoms with E-state index in [1.54, 1.807) is 0 Å². The van der Waals surface area contributed by atoms with E-state index in [9.17, 15) is 4.79 Å². The van der Waals surface area contributed by atoms with E-state index in [2.05, 4.69) is 28.9 Å². The van der Waals surface area contributed by atoms with Crippen molar-refractivity contribution in [2.45, 2.75) is 38.6 Å². The number of nitrogens with zero attached hydrogens (tertiary/aromatic N) is 2. The molecule has 3 rings (SSSR count). The van der Waals surface area contributed by atoms with Gasteiger partial charge in [0.25, 0.3) is 5.91 Å². The van der Waals surface area contributed by atoms with Gasteiger partial charge in [-0.25, -0.2) is 5.43 Å². The highest BCUT2D eigenvalue weighted by atomic mass is 16.5. The molecule has 2 heterocycles. The van der Waals surface area contributed by atoms with Crippen molar-refractivity contribution < 1.29 is 9.53 Å². The van der Waals surface area contributed by atoms with Crippen molar-refractivity contribution in [3.63, 3.8) is 0 Å². The summed E-state index contributed by atoms with van der Waals surface area (Å²) in [5.74, 6) is 0.665. The van der Waals surface area contributed by atoms with Crippen molar-refractivity contribution >= 4 is 11.6 Å². The molecule has 1 aromatic carbocycles. The first-order valence-electron chi connectivity index (χ1n) is 8.65. The van der Waals surface area contributed by atoms with E-state index >= 15 is 0 Å². The zero-order valence-corrected chi connectivity index (χ0v) is 14.3. The monoisotopic (exact) mass is 327 g/mol. The molecule has 2 aliphatic rings. The Balaban J connectivity index is 1.46. The molecule has 5 nitrogen and oxygen atoms in total. The van der Waals surface area contributed by atoms with Crippen molar-refractivity contribution in [1.82, 2.24) is 10.3 Å². The lowest BCUT2D eigenvalue weighted by Gasteiger charge is -2.20. The molecule has 128 valence electrons. The molecule has 0 aromatic heterocycles. The van der Waals surface area contributed by atoms with Crippen LogP contribution >= 0.6 is 0 Å². The molecular formula is C19H25N3O2. The maximum absolute atomic E-state index is 11.3. The standard InChI is InChI=1S/C19H25N3O2/c1-14-13-18(20-21-19(14)23)16-6-8-17(9-7-16)24-12-4-11-22-10-3-5-15(22)2/h6-9,15H,1,3-5,10-13H2,2H3,(H,21,23)/t15-/m1/s1. The molecule has 0 unspecified atom stereocenters. The maximum Gasteiger partial charge on any atom is 0.267 e. The highest BCUT2D eigenvalue weighted by molar-refractivity contribution is 6.10. The van der Waals surface area contributed by atoms with Gasteiger partial charge in [0.2, 0.25) is 0 Å². The molecule has 1 fully saturated rings. The van der Waals surface area contributed by atoms with Crippen molar-refractivity contribution in [3.05, 3.63) is 42.0 Å². The molecule has 1 atom stereocenters. The van der Waals surface area contributed by atoms with E-state index in [0.717, 1.165) is 42.6 Å². The topological polar surface area (TPSA) is 53.9 Å². The molecule has 0 spiro atoms. The van der Waals surface area contributed by atoms with Crippen LogP contribution in [-0.2, 0) is 4.79 Å². The van der Waals surface area contributed by atoms with Gasteiger partial charge in [-0.1, -0.05) is 6.58 Å². The Labute approximate surface area is 143 Å². The smallest absolute Gasteiger partial charge is 0.267 e. The summed E-state index contributed by atoms with van der Waals surface area (Å²) in [5, 5.41) is 4.10. The minimum Gasteiger partial charge on any atom is -0.494 e. The average Bonchev–Trinajstić information content (AvgIpc) is 3.00. The van der Waals surface area contributed by atoms with Crippen LogP contribution in [0.3, 0.4) is 0 Å². The van der Waals surface area contributed by atoms with Crippen LogP contribution in [0.5, 0.6) is 5.75 Å². The Morgan fingerprint density at radius 1 is 1.38 bits per heavy atom. The molecule has 0 aliphatic carbocycles. The van der Waals surface area contributed by atoms with E-state index < -0.39 is 0 Å². The van der Waals surface area contributed by atoms with Crippen molar-refractivity contribution in [1.29, 1.82) is 0 Å².